The highest BCUT2D eigenvalue weighted by Crippen LogP contribution is 2.24. The van der Waals surface area contributed by atoms with Gasteiger partial charge in [-0.2, -0.15) is 0 Å². The van der Waals surface area contributed by atoms with E-state index in [2.05, 4.69) is 4.90 Å². The Morgan fingerprint density at radius 1 is 1.14 bits per heavy atom. The fraction of sp³-hybridized carbons (Fsp3) is 0.533. The summed E-state index contributed by atoms with van der Waals surface area (Å²) in [7, 11) is 4.68. The van der Waals surface area contributed by atoms with E-state index in [-0.39, 0.29) is 0 Å². The average molecular weight is 296 g/mol. The van der Waals surface area contributed by atoms with Crippen LogP contribution in [0, 0.1) is 0 Å². The van der Waals surface area contributed by atoms with Crippen molar-refractivity contribution in [2.24, 2.45) is 0 Å². The minimum atomic E-state index is -0.397. The monoisotopic (exact) mass is 296 g/mol. The van der Waals surface area contributed by atoms with Gasteiger partial charge in [0, 0.05) is 39.6 Å². The largest absolute Gasteiger partial charge is 0.465 e. The molecule has 2 N–H and O–H groups in total. The van der Waals surface area contributed by atoms with Crippen molar-refractivity contribution in [1.82, 2.24) is 0 Å². The predicted molar refractivity (Wildman–Crippen MR) is 82.8 cm³/mol. The number of nitrogen functional groups attached to an aromatic ring is 1. The Bertz CT molecular complexity index is 451. The summed E-state index contributed by atoms with van der Waals surface area (Å²) in [5.74, 6) is -0.397. The van der Waals surface area contributed by atoms with Crippen LogP contribution in [-0.2, 0) is 14.2 Å². The molecule has 0 spiro atoms. The lowest BCUT2D eigenvalue weighted by Crippen LogP contribution is -2.30. The maximum absolute atomic E-state index is 11.9. The van der Waals surface area contributed by atoms with Gasteiger partial charge in [0.15, 0.2) is 0 Å². The minimum Gasteiger partial charge on any atom is -0.465 e. The van der Waals surface area contributed by atoms with Gasteiger partial charge in [-0.3, -0.25) is 0 Å². The molecule has 6 nitrogen and oxygen atoms in total. The molecule has 0 radical (unpaired) electrons. The summed E-state index contributed by atoms with van der Waals surface area (Å²) in [4.78, 5) is 14.0. The Balaban J connectivity index is 3.00. The summed E-state index contributed by atoms with van der Waals surface area (Å²) >= 11 is 0. The van der Waals surface area contributed by atoms with Crippen LogP contribution in [-0.4, -0.2) is 53.6 Å². The fourth-order valence-corrected chi connectivity index (χ4v) is 2.06. The van der Waals surface area contributed by atoms with E-state index in [4.69, 9.17) is 19.9 Å². The van der Waals surface area contributed by atoms with Crippen LogP contribution in [0.4, 0.5) is 11.4 Å². The number of benzene rings is 1. The molecule has 0 bridgehead atoms. The number of nitrogens with zero attached hydrogens (tertiary/aromatic N) is 1. The van der Waals surface area contributed by atoms with Crippen LogP contribution in [0.2, 0.25) is 0 Å². The molecule has 0 aromatic heterocycles. The third kappa shape index (κ3) is 5.24. The highest BCUT2D eigenvalue weighted by atomic mass is 16.5. The van der Waals surface area contributed by atoms with Crippen LogP contribution < -0.4 is 10.6 Å². The second-order valence-corrected chi connectivity index (χ2v) is 4.59. The molecule has 0 fully saturated rings. The molecule has 0 aliphatic rings. The highest BCUT2D eigenvalue weighted by Gasteiger charge is 2.17. The molecule has 0 aliphatic heterocycles. The SMILES string of the molecule is COCCCN(CCOC)c1ccc(N)cc1C(=O)OC. The van der Waals surface area contributed by atoms with E-state index in [1.54, 1.807) is 26.4 Å². The Labute approximate surface area is 125 Å². The van der Waals surface area contributed by atoms with Crippen molar-refractivity contribution >= 4 is 17.3 Å². The summed E-state index contributed by atoms with van der Waals surface area (Å²) in [5, 5.41) is 0. The van der Waals surface area contributed by atoms with Gasteiger partial charge in [-0.15, -0.1) is 0 Å². The van der Waals surface area contributed by atoms with Crippen molar-refractivity contribution in [2.75, 3.05) is 58.3 Å². The van der Waals surface area contributed by atoms with E-state index < -0.39 is 5.97 Å². The number of hydrogen-bond donors (Lipinski definition) is 1. The average Bonchev–Trinajstić information content (AvgIpc) is 2.50. The quantitative estimate of drug-likeness (QED) is 0.423. The molecule has 0 saturated heterocycles. The molecule has 1 rings (SSSR count). The number of ether oxygens (including phenoxy) is 3. The Morgan fingerprint density at radius 2 is 1.86 bits per heavy atom. The summed E-state index contributed by atoms with van der Waals surface area (Å²) in [6.07, 6.45) is 0.852. The van der Waals surface area contributed by atoms with Gasteiger partial charge < -0.3 is 24.8 Å². The van der Waals surface area contributed by atoms with Crippen LogP contribution in [0.15, 0.2) is 18.2 Å². The van der Waals surface area contributed by atoms with E-state index in [1.807, 2.05) is 6.07 Å². The molecule has 0 aliphatic carbocycles. The second-order valence-electron chi connectivity index (χ2n) is 4.59. The van der Waals surface area contributed by atoms with Crippen molar-refractivity contribution in [1.29, 1.82) is 0 Å². The third-order valence-electron chi connectivity index (χ3n) is 3.11. The molecule has 1 aromatic carbocycles. The number of methoxy groups -OCH3 is 3. The van der Waals surface area contributed by atoms with Gasteiger partial charge in [0.1, 0.15) is 0 Å². The summed E-state index contributed by atoms with van der Waals surface area (Å²) < 4.78 is 15.1. The minimum absolute atomic E-state index is 0.397. The fourth-order valence-electron chi connectivity index (χ4n) is 2.06. The molecule has 6 heteroatoms. The van der Waals surface area contributed by atoms with Crippen LogP contribution in [0.5, 0.6) is 0 Å². The topological polar surface area (TPSA) is 74.0 Å². The molecule has 0 heterocycles. The third-order valence-corrected chi connectivity index (χ3v) is 3.11. The predicted octanol–water partition coefficient (Wildman–Crippen LogP) is 1.54. The lowest BCUT2D eigenvalue weighted by atomic mass is 10.1. The maximum Gasteiger partial charge on any atom is 0.340 e. The number of carbonyl (C=O) groups is 1. The van der Waals surface area contributed by atoms with Crippen molar-refractivity contribution in [3.8, 4) is 0 Å². The normalized spacial score (nSPS) is 10.4. The summed E-state index contributed by atoms with van der Waals surface area (Å²) in [5.41, 5.74) is 7.56. The van der Waals surface area contributed by atoms with Crippen molar-refractivity contribution < 1.29 is 19.0 Å². The van der Waals surface area contributed by atoms with Gasteiger partial charge in [-0.1, -0.05) is 0 Å². The molecule has 0 atom stereocenters. The zero-order chi connectivity index (χ0) is 15.7. The first-order valence-corrected chi connectivity index (χ1v) is 6.84. The Kier molecular flexibility index (Phi) is 7.56. The molecular formula is C15H24N2O4. The van der Waals surface area contributed by atoms with Crippen LogP contribution in [0.1, 0.15) is 16.8 Å². The number of nitrogens with two attached hydrogens (primary N) is 1. The summed E-state index contributed by atoms with van der Waals surface area (Å²) in [6.45, 7) is 2.66. The van der Waals surface area contributed by atoms with E-state index in [0.29, 0.717) is 31.0 Å². The first kappa shape index (κ1) is 17.3. The van der Waals surface area contributed by atoms with Gasteiger partial charge in [0.25, 0.3) is 0 Å². The zero-order valence-electron chi connectivity index (χ0n) is 12.9. The van der Waals surface area contributed by atoms with Gasteiger partial charge in [0.05, 0.1) is 25.0 Å². The van der Waals surface area contributed by atoms with Gasteiger partial charge in [-0.05, 0) is 24.6 Å². The number of rotatable bonds is 9. The summed E-state index contributed by atoms with van der Waals surface area (Å²) in [6, 6.07) is 5.25. The van der Waals surface area contributed by atoms with Crippen molar-refractivity contribution in [3.05, 3.63) is 23.8 Å². The van der Waals surface area contributed by atoms with Gasteiger partial charge in [0.2, 0.25) is 0 Å². The Morgan fingerprint density at radius 3 is 2.48 bits per heavy atom. The molecule has 0 amide bonds. The molecule has 1 aromatic rings. The first-order chi connectivity index (χ1) is 10.1. The highest BCUT2D eigenvalue weighted by molar-refractivity contribution is 5.97. The van der Waals surface area contributed by atoms with E-state index in [0.717, 1.165) is 18.7 Å². The van der Waals surface area contributed by atoms with Crippen molar-refractivity contribution in [3.63, 3.8) is 0 Å². The standard InChI is InChI=1S/C15H24N2O4/c1-19-9-4-7-17(8-10-20-2)14-6-5-12(16)11-13(14)15(18)21-3/h5-6,11H,4,7-10,16H2,1-3H3. The van der Waals surface area contributed by atoms with Gasteiger partial charge in [-0.25, -0.2) is 4.79 Å². The van der Waals surface area contributed by atoms with E-state index >= 15 is 0 Å². The molecule has 21 heavy (non-hydrogen) atoms. The molecular weight excluding hydrogens is 272 g/mol. The second kappa shape index (κ2) is 9.20. The Hall–Kier alpha value is -1.79. The van der Waals surface area contributed by atoms with E-state index in [9.17, 15) is 4.79 Å². The molecule has 0 saturated carbocycles. The van der Waals surface area contributed by atoms with Crippen LogP contribution in [0.25, 0.3) is 0 Å². The molecule has 0 unspecified atom stereocenters. The van der Waals surface area contributed by atoms with Crippen molar-refractivity contribution in [2.45, 2.75) is 6.42 Å². The van der Waals surface area contributed by atoms with E-state index in [1.165, 1.54) is 7.11 Å². The first-order valence-electron chi connectivity index (χ1n) is 6.84. The van der Waals surface area contributed by atoms with Crippen LogP contribution in [0.3, 0.4) is 0 Å². The smallest absolute Gasteiger partial charge is 0.340 e. The lowest BCUT2D eigenvalue weighted by molar-refractivity contribution is 0.0601. The lowest BCUT2D eigenvalue weighted by Gasteiger charge is -2.26. The number of carbonyl (C=O) groups excluding carboxylic acids is 1. The zero-order valence-corrected chi connectivity index (χ0v) is 12.9. The number of anilines is 2. The van der Waals surface area contributed by atoms with Crippen LogP contribution >= 0.6 is 0 Å². The number of hydrogen-bond acceptors (Lipinski definition) is 6. The number of esters is 1. The van der Waals surface area contributed by atoms with Gasteiger partial charge >= 0.3 is 5.97 Å². The maximum atomic E-state index is 11.9. The molecule has 118 valence electrons.